The predicted molar refractivity (Wildman–Crippen MR) is 110 cm³/mol. The van der Waals surface area contributed by atoms with Crippen LogP contribution in [0.4, 0.5) is 17.3 Å². The van der Waals surface area contributed by atoms with Crippen LogP contribution in [0.15, 0.2) is 53.5 Å². The Morgan fingerprint density at radius 2 is 1.76 bits per heavy atom. The number of carbonyl (C=O) groups is 1. The zero-order valence-electron chi connectivity index (χ0n) is 16.0. The smallest absolute Gasteiger partial charge is 0.291 e. The molecular formula is C21H22N6O2. The monoisotopic (exact) mass is 390 g/mol. The normalized spacial score (nSPS) is 16.0. The third kappa shape index (κ3) is 3.54. The quantitative estimate of drug-likeness (QED) is 0.707. The number of nitrogens with zero attached hydrogens (tertiary/aromatic N) is 4. The highest BCUT2D eigenvalue weighted by molar-refractivity contribution is 6.04. The summed E-state index contributed by atoms with van der Waals surface area (Å²) in [7, 11) is 0. The van der Waals surface area contributed by atoms with Crippen molar-refractivity contribution in [1.29, 1.82) is 0 Å². The van der Waals surface area contributed by atoms with Crippen LogP contribution >= 0.6 is 0 Å². The second-order valence-electron chi connectivity index (χ2n) is 7.22. The third-order valence-electron chi connectivity index (χ3n) is 5.36. The van der Waals surface area contributed by atoms with E-state index in [2.05, 4.69) is 30.4 Å². The molecule has 1 fully saturated rings. The molecule has 5 rings (SSSR count). The molecule has 0 aromatic carbocycles. The third-order valence-corrected chi connectivity index (χ3v) is 5.36. The molecule has 3 aromatic heterocycles. The number of anilines is 3. The molecule has 1 saturated heterocycles. The van der Waals surface area contributed by atoms with Crippen LogP contribution in [0.1, 0.15) is 21.7 Å². The Kier molecular flexibility index (Phi) is 4.61. The van der Waals surface area contributed by atoms with Crippen LogP contribution in [-0.2, 0) is 13.1 Å². The molecule has 2 aliphatic heterocycles. The van der Waals surface area contributed by atoms with Gasteiger partial charge in [0.1, 0.15) is 0 Å². The van der Waals surface area contributed by atoms with Crippen LogP contribution in [0.3, 0.4) is 0 Å². The van der Waals surface area contributed by atoms with Gasteiger partial charge >= 0.3 is 0 Å². The fraction of sp³-hybridized carbons (Fsp3) is 0.286. The number of pyridine rings is 2. The summed E-state index contributed by atoms with van der Waals surface area (Å²) in [5.41, 5.74) is 4.09. The van der Waals surface area contributed by atoms with Gasteiger partial charge in [-0.25, -0.2) is 0 Å². The highest BCUT2D eigenvalue weighted by atomic mass is 16.4. The van der Waals surface area contributed by atoms with Gasteiger partial charge in [-0.3, -0.25) is 14.8 Å². The minimum absolute atomic E-state index is 0.279. The van der Waals surface area contributed by atoms with Gasteiger partial charge in [0.25, 0.3) is 5.91 Å². The van der Waals surface area contributed by atoms with Crippen molar-refractivity contribution in [3.05, 3.63) is 65.9 Å². The maximum atomic E-state index is 12.8. The number of piperazine rings is 1. The van der Waals surface area contributed by atoms with Gasteiger partial charge in [0, 0.05) is 63.9 Å². The Labute approximate surface area is 168 Å². The van der Waals surface area contributed by atoms with Gasteiger partial charge in [0.05, 0.1) is 17.6 Å². The van der Waals surface area contributed by atoms with Crippen molar-refractivity contribution in [1.82, 2.24) is 15.3 Å². The molecule has 0 spiro atoms. The fourth-order valence-corrected chi connectivity index (χ4v) is 3.84. The van der Waals surface area contributed by atoms with Crippen molar-refractivity contribution in [2.45, 2.75) is 13.1 Å². The molecule has 2 aliphatic rings. The average Bonchev–Trinajstić information content (AvgIpc) is 3.42. The summed E-state index contributed by atoms with van der Waals surface area (Å²) in [4.78, 5) is 25.5. The Hall–Kier alpha value is -3.39. The lowest BCUT2D eigenvalue weighted by atomic mass is 10.2. The minimum Gasteiger partial charge on any atom is -0.435 e. The number of fused-ring (bicyclic) bond motifs is 1. The number of rotatable bonds is 4. The van der Waals surface area contributed by atoms with Crippen LogP contribution in [0.5, 0.6) is 0 Å². The van der Waals surface area contributed by atoms with E-state index in [1.807, 2.05) is 24.4 Å². The summed E-state index contributed by atoms with van der Waals surface area (Å²) in [5.74, 6) is 0.683. The molecule has 148 valence electrons. The molecule has 0 unspecified atom stereocenters. The molecule has 2 N–H and O–H groups in total. The van der Waals surface area contributed by atoms with Crippen LogP contribution in [0.2, 0.25) is 0 Å². The molecule has 1 amide bonds. The molecule has 8 nitrogen and oxygen atoms in total. The van der Waals surface area contributed by atoms with Crippen molar-refractivity contribution in [2.75, 3.05) is 41.3 Å². The molecular weight excluding hydrogens is 368 g/mol. The summed E-state index contributed by atoms with van der Waals surface area (Å²) in [6.45, 7) is 5.11. The first-order valence-corrected chi connectivity index (χ1v) is 9.75. The summed E-state index contributed by atoms with van der Waals surface area (Å²) >= 11 is 0. The van der Waals surface area contributed by atoms with E-state index < -0.39 is 0 Å². The van der Waals surface area contributed by atoms with E-state index in [0.717, 1.165) is 45.0 Å². The van der Waals surface area contributed by atoms with Gasteiger partial charge in [-0.15, -0.1) is 0 Å². The van der Waals surface area contributed by atoms with E-state index in [1.54, 1.807) is 24.7 Å². The van der Waals surface area contributed by atoms with E-state index in [4.69, 9.17) is 4.42 Å². The number of hydrogen-bond acceptors (Lipinski definition) is 7. The maximum absolute atomic E-state index is 12.8. The van der Waals surface area contributed by atoms with E-state index in [9.17, 15) is 4.79 Å². The van der Waals surface area contributed by atoms with Crippen molar-refractivity contribution >= 4 is 23.2 Å². The Bertz CT molecular complexity index is 1000. The fourth-order valence-electron chi connectivity index (χ4n) is 3.84. The minimum atomic E-state index is -0.279. The van der Waals surface area contributed by atoms with Gasteiger partial charge in [0.2, 0.25) is 0 Å². The SMILES string of the molecule is O=C(Nc1cnccc1N1CCNCC1)c1ccc(N2Cc3ccncc3C2)o1. The predicted octanol–water partition coefficient (Wildman–Crippen LogP) is 2.25. The number of furan rings is 1. The number of carbonyl (C=O) groups excluding carboxylic acids is 1. The lowest BCUT2D eigenvalue weighted by molar-refractivity contribution is 0.0997. The standard InChI is InChI=1S/C21H22N6O2/c28-21(25-17-12-24-6-4-18(17)26-9-7-22-8-10-26)19-1-2-20(29-19)27-13-15-3-5-23-11-16(15)14-27/h1-6,11-12,22H,7-10,13-14H2,(H,25,28). The van der Waals surface area contributed by atoms with Gasteiger partial charge in [-0.1, -0.05) is 0 Å². The summed E-state index contributed by atoms with van der Waals surface area (Å²) in [5, 5.41) is 6.30. The number of aromatic nitrogens is 2. The maximum Gasteiger partial charge on any atom is 0.291 e. The lowest BCUT2D eigenvalue weighted by Crippen LogP contribution is -2.43. The van der Waals surface area contributed by atoms with E-state index in [0.29, 0.717) is 11.6 Å². The number of amides is 1. The molecule has 0 aliphatic carbocycles. The van der Waals surface area contributed by atoms with Crippen molar-refractivity contribution in [3.63, 3.8) is 0 Å². The number of hydrogen-bond donors (Lipinski definition) is 2. The highest BCUT2D eigenvalue weighted by Gasteiger charge is 2.23. The first-order chi connectivity index (χ1) is 14.3. The number of nitrogens with one attached hydrogen (secondary N) is 2. The molecule has 5 heterocycles. The Balaban J connectivity index is 1.30. The van der Waals surface area contributed by atoms with Gasteiger partial charge < -0.3 is 24.9 Å². The molecule has 0 radical (unpaired) electrons. The van der Waals surface area contributed by atoms with E-state index in [-0.39, 0.29) is 11.7 Å². The Morgan fingerprint density at radius 3 is 2.62 bits per heavy atom. The van der Waals surface area contributed by atoms with Crippen molar-refractivity contribution in [2.24, 2.45) is 0 Å². The highest BCUT2D eigenvalue weighted by Crippen LogP contribution is 2.30. The summed E-state index contributed by atoms with van der Waals surface area (Å²) < 4.78 is 5.87. The van der Waals surface area contributed by atoms with Gasteiger partial charge in [0.15, 0.2) is 11.6 Å². The van der Waals surface area contributed by atoms with Crippen molar-refractivity contribution < 1.29 is 9.21 Å². The van der Waals surface area contributed by atoms with E-state index in [1.165, 1.54) is 11.1 Å². The molecule has 0 saturated carbocycles. The zero-order chi connectivity index (χ0) is 19.6. The topological polar surface area (TPSA) is 86.5 Å². The first kappa shape index (κ1) is 17.7. The summed E-state index contributed by atoms with van der Waals surface area (Å²) in [6, 6.07) is 7.51. The van der Waals surface area contributed by atoms with Gasteiger partial charge in [-0.05, 0) is 29.3 Å². The largest absolute Gasteiger partial charge is 0.435 e. The second-order valence-corrected chi connectivity index (χ2v) is 7.22. The Morgan fingerprint density at radius 1 is 0.966 bits per heavy atom. The van der Waals surface area contributed by atoms with Crippen LogP contribution in [-0.4, -0.2) is 42.1 Å². The van der Waals surface area contributed by atoms with Crippen molar-refractivity contribution in [3.8, 4) is 0 Å². The lowest BCUT2D eigenvalue weighted by Gasteiger charge is -2.30. The first-order valence-electron chi connectivity index (χ1n) is 9.75. The summed E-state index contributed by atoms with van der Waals surface area (Å²) in [6.07, 6.45) is 7.11. The molecule has 8 heteroatoms. The molecule has 0 bridgehead atoms. The van der Waals surface area contributed by atoms with E-state index >= 15 is 0 Å². The van der Waals surface area contributed by atoms with Gasteiger partial charge in [-0.2, -0.15) is 0 Å². The molecule has 29 heavy (non-hydrogen) atoms. The molecule has 3 aromatic rings. The zero-order valence-corrected chi connectivity index (χ0v) is 16.0. The van der Waals surface area contributed by atoms with Crippen LogP contribution < -0.4 is 20.4 Å². The van der Waals surface area contributed by atoms with Crippen LogP contribution in [0.25, 0.3) is 0 Å². The average molecular weight is 390 g/mol. The molecule has 0 atom stereocenters. The van der Waals surface area contributed by atoms with Crippen LogP contribution in [0, 0.1) is 0 Å². The second kappa shape index (κ2) is 7.56.